The number of carbonyl (C=O) groups is 1. The van der Waals surface area contributed by atoms with Crippen LogP contribution in [0.5, 0.6) is 0 Å². The first-order valence-corrected chi connectivity index (χ1v) is 8.99. The average molecular weight is 381 g/mol. The van der Waals surface area contributed by atoms with E-state index in [9.17, 15) is 9.59 Å². The Morgan fingerprint density at radius 3 is 2.79 bits per heavy atom. The number of hydrogen-bond donors (Lipinski definition) is 1. The van der Waals surface area contributed by atoms with Crippen LogP contribution in [0, 0.1) is 6.92 Å². The van der Waals surface area contributed by atoms with E-state index in [1.54, 1.807) is 37.3 Å². The van der Waals surface area contributed by atoms with Crippen molar-refractivity contribution in [3.8, 4) is 5.69 Å². The summed E-state index contributed by atoms with van der Waals surface area (Å²) in [5.41, 5.74) is 1.16. The summed E-state index contributed by atoms with van der Waals surface area (Å²) in [5, 5.41) is 13.7. The summed E-state index contributed by atoms with van der Waals surface area (Å²) in [6.07, 6.45) is 3.06. The van der Waals surface area contributed by atoms with Gasteiger partial charge in [0.2, 0.25) is 0 Å². The standard InChI is InChI=1S/C19H19N5O4/c1-12-9-16(13-5-7-27-8-6-13)28-19(26)17(12)18(25)21-14-3-2-4-15(10-14)24-11-20-22-23-24/h2-4,9-11,13H,5-8H2,1H3,(H,21,25). The molecule has 1 aliphatic heterocycles. The smallest absolute Gasteiger partial charge is 0.349 e. The molecule has 0 atom stereocenters. The molecule has 1 N–H and O–H groups in total. The van der Waals surface area contributed by atoms with Crippen molar-refractivity contribution in [2.75, 3.05) is 18.5 Å². The summed E-state index contributed by atoms with van der Waals surface area (Å²) < 4.78 is 12.3. The molecule has 2 aromatic heterocycles. The zero-order valence-electron chi connectivity index (χ0n) is 15.3. The van der Waals surface area contributed by atoms with E-state index >= 15 is 0 Å². The zero-order chi connectivity index (χ0) is 19.5. The number of tetrazole rings is 1. The van der Waals surface area contributed by atoms with Crippen molar-refractivity contribution in [2.45, 2.75) is 25.7 Å². The molecule has 3 aromatic rings. The summed E-state index contributed by atoms with van der Waals surface area (Å²) in [4.78, 5) is 25.2. The van der Waals surface area contributed by atoms with Gasteiger partial charge in [-0.1, -0.05) is 6.07 Å². The molecule has 1 amide bonds. The molecule has 1 aromatic carbocycles. The number of benzene rings is 1. The summed E-state index contributed by atoms with van der Waals surface area (Å²) in [5.74, 6) is 0.243. The van der Waals surface area contributed by atoms with Gasteiger partial charge in [-0.25, -0.2) is 9.48 Å². The lowest BCUT2D eigenvalue weighted by Crippen LogP contribution is -2.24. The van der Waals surface area contributed by atoms with E-state index < -0.39 is 11.5 Å². The van der Waals surface area contributed by atoms with Gasteiger partial charge < -0.3 is 14.5 Å². The van der Waals surface area contributed by atoms with E-state index in [2.05, 4.69) is 20.8 Å². The Labute approximate surface area is 160 Å². The van der Waals surface area contributed by atoms with Crippen LogP contribution < -0.4 is 10.9 Å². The minimum absolute atomic E-state index is 0.00337. The Bertz CT molecular complexity index is 1040. The molecule has 3 heterocycles. The van der Waals surface area contributed by atoms with Crippen molar-refractivity contribution in [1.82, 2.24) is 20.2 Å². The van der Waals surface area contributed by atoms with Crippen molar-refractivity contribution < 1.29 is 13.9 Å². The SMILES string of the molecule is Cc1cc(C2CCOCC2)oc(=O)c1C(=O)Nc1cccc(-n2cnnn2)c1. The molecule has 0 radical (unpaired) electrons. The number of nitrogens with zero attached hydrogens (tertiary/aromatic N) is 4. The molecule has 9 heteroatoms. The van der Waals surface area contributed by atoms with Gasteiger partial charge in [0.1, 0.15) is 17.7 Å². The number of aryl methyl sites for hydroxylation is 1. The minimum Gasteiger partial charge on any atom is -0.427 e. The molecule has 0 aliphatic carbocycles. The third-order valence-electron chi connectivity index (χ3n) is 4.74. The Kier molecular flexibility index (Phi) is 4.98. The molecular weight excluding hydrogens is 362 g/mol. The molecule has 4 rings (SSSR count). The Morgan fingerprint density at radius 1 is 1.25 bits per heavy atom. The molecule has 1 aliphatic rings. The van der Waals surface area contributed by atoms with E-state index in [1.807, 2.05) is 0 Å². The number of anilines is 1. The second kappa shape index (κ2) is 7.73. The lowest BCUT2D eigenvalue weighted by molar-refractivity contribution is 0.0796. The number of nitrogens with one attached hydrogen (secondary N) is 1. The highest BCUT2D eigenvalue weighted by molar-refractivity contribution is 6.05. The van der Waals surface area contributed by atoms with Gasteiger partial charge in [-0.15, -0.1) is 5.10 Å². The lowest BCUT2D eigenvalue weighted by atomic mass is 9.95. The van der Waals surface area contributed by atoms with Gasteiger partial charge in [0.25, 0.3) is 5.91 Å². The van der Waals surface area contributed by atoms with Crippen molar-refractivity contribution in [3.05, 3.63) is 64.0 Å². The van der Waals surface area contributed by atoms with Crippen LogP contribution in [0.25, 0.3) is 5.69 Å². The van der Waals surface area contributed by atoms with Gasteiger partial charge in [0.05, 0.1) is 5.69 Å². The van der Waals surface area contributed by atoms with Crippen LogP contribution >= 0.6 is 0 Å². The largest absolute Gasteiger partial charge is 0.427 e. The number of aromatic nitrogens is 4. The fraction of sp³-hybridized carbons (Fsp3) is 0.316. The van der Waals surface area contributed by atoms with E-state index in [-0.39, 0.29) is 11.5 Å². The molecule has 0 saturated carbocycles. The average Bonchev–Trinajstić information content (AvgIpc) is 3.23. The van der Waals surface area contributed by atoms with Crippen LogP contribution in [0.3, 0.4) is 0 Å². The first kappa shape index (κ1) is 18.1. The van der Waals surface area contributed by atoms with Gasteiger partial charge in [0, 0.05) is 24.8 Å². The number of hydrogen-bond acceptors (Lipinski definition) is 7. The van der Waals surface area contributed by atoms with E-state index in [0.717, 1.165) is 12.8 Å². The summed E-state index contributed by atoms with van der Waals surface area (Å²) in [6.45, 7) is 3.03. The molecule has 28 heavy (non-hydrogen) atoms. The molecule has 1 fully saturated rings. The lowest BCUT2D eigenvalue weighted by Gasteiger charge is -2.21. The van der Waals surface area contributed by atoms with E-state index in [0.29, 0.717) is 35.9 Å². The van der Waals surface area contributed by atoms with Crippen LogP contribution in [0.15, 0.2) is 45.9 Å². The van der Waals surface area contributed by atoms with Crippen LogP contribution in [0.4, 0.5) is 5.69 Å². The molecule has 0 unspecified atom stereocenters. The van der Waals surface area contributed by atoms with Crippen molar-refractivity contribution in [3.63, 3.8) is 0 Å². The topological polar surface area (TPSA) is 112 Å². The summed E-state index contributed by atoms with van der Waals surface area (Å²) in [7, 11) is 0. The quantitative estimate of drug-likeness (QED) is 0.736. The van der Waals surface area contributed by atoms with Crippen molar-refractivity contribution in [1.29, 1.82) is 0 Å². The van der Waals surface area contributed by atoms with Crippen LogP contribution in [0.1, 0.15) is 40.4 Å². The Morgan fingerprint density at radius 2 is 2.07 bits per heavy atom. The highest BCUT2D eigenvalue weighted by Gasteiger charge is 2.23. The van der Waals surface area contributed by atoms with Crippen LogP contribution in [0.2, 0.25) is 0 Å². The second-order valence-electron chi connectivity index (χ2n) is 6.64. The van der Waals surface area contributed by atoms with Crippen molar-refractivity contribution >= 4 is 11.6 Å². The molecular formula is C19H19N5O4. The van der Waals surface area contributed by atoms with E-state index in [1.165, 1.54) is 11.0 Å². The van der Waals surface area contributed by atoms with Gasteiger partial charge in [-0.2, -0.15) is 0 Å². The predicted molar refractivity (Wildman–Crippen MR) is 99.6 cm³/mol. The van der Waals surface area contributed by atoms with Gasteiger partial charge in [-0.3, -0.25) is 4.79 Å². The first-order valence-electron chi connectivity index (χ1n) is 8.99. The van der Waals surface area contributed by atoms with Crippen LogP contribution in [-0.4, -0.2) is 39.3 Å². The highest BCUT2D eigenvalue weighted by atomic mass is 16.5. The minimum atomic E-state index is -0.629. The second-order valence-corrected chi connectivity index (χ2v) is 6.64. The molecule has 0 spiro atoms. The number of rotatable bonds is 4. The van der Waals surface area contributed by atoms with Crippen molar-refractivity contribution in [2.24, 2.45) is 0 Å². The fourth-order valence-corrected chi connectivity index (χ4v) is 3.29. The molecule has 1 saturated heterocycles. The van der Waals surface area contributed by atoms with E-state index in [4.69, 9.17) is 9.15 Å². The predicted octanol–water partition coefficient (Wildman–Crippen LogP) is 2.07. The molecule has 144 valence electrons. The third-order valence-corrected chi connectivity index (χ3v) is 4.74. The first-order chi connectivity index (χ1) is 13.6. The maximum absolute atomic E-state index is 12.7. The summed E-state index contributed by atoms with van der Waals surface area (Å²) in [6, 6.07) is 8.77. The highest BCUT2D eigenvalue weighted by Crippen LogP contribution is 2.27. The van der Waals surface area contributed by atoms with Gasteiger partial charge in [0.15, 0.2) is 0 Å². The zero-order valence-corrected chi connectivity index (χ0v) is 15.3. The monoisotopic (exact) mass is 381 g/mol. The number of ether oxygens (including phenoxy) is 1. The normalized spacial score (nSPS) is 14.8. The molecule has 9 nitrogen and oxygen atoms in total. The molecule has 0 bridgehead atoms. The number of carbonyl (C=O) groups excluding carboxylic acids is 1. The van der Waals surface area contributed by atoms with Gasteiger partial charge in [-0.05, 0) is 60.0 Å². The maximum Gasteiger partial charge on any atom is 0.349 e. The third kappa shape index (κ3) is 3.70. The fourth-order valence-electron chi connectivity index (χ4n) is 3.29. The summed E-state index contributed by atoms with van der Waals surface area (Å²) >= 11 is 0. The maximum atomic E-state index is 12.7. The Hall–Kier alpha value is -3.33. The Balaban J connectivity index is 1.57. The van der Waals surface area contributed by atoms with Gasteiger partial charge >= 0.3 is 5.63 Å². The number of amides is 1. The van der Waals surface area contributed by atoms with Crippen LogP contribution in [-0.2, 0) is 4.74 Å².